The Morgan fingerprint density at radius 1 is 0.714 bits per heavy atom. The van der Waals surface area contributed by atoms with Gasteiger partial charge in [-0.05, 0) is 0 Å². The zero-order valence-corrected chi connectivity index (χ0v) is 8.14. The number of hydrogen-bond acceptors (Lipinski definition) is 7. The Balaban J connectivity index is 2.78. The lowest BCUT2D eigenvalue weighted by Crippen LogP contribution is -2.09. The van der Waals surface area contributed by atoms with Crippen LogP contribution in [0.4, 0.5) is 0 Å². The van der Waals surface area contributed by atoms with Crippen LogP contribution in [0.15, 0.2) is 0 Å². The average Bonchev–Trinajstić information content (AvgIpc) is 2.21. The molecule has 0 aromatic rings. The highest BCUT2D eigenvalue weighted by Gasteiger charge is 1.89. The molecule has 0 saturated heterocycles. The fraction of sp³-hybridized carbons (Fsp3) is 1.00. The Morgan fingerprint density at radius 3 is 1.57 bits per heavy atom. The molecule has 0 aliphatic rings. The zero-order chi connectivity index (χ0) is 10.5. The first-order valence-corrected chi connectivity index (χ1v) is 3.90. The second kappa shape index (κ2) is 12.7. The van der Waals surface area contributed by atoms with Gasteiger partial charge >= 0.3 is 0 Å². The summed E-state index contributed by atoms with van der Waals surface area (Å²) < 4.78 is 28.3. The molecule has 7 heteroatoms. The lowest BCUT2D eigenvalue weighted by atomic mass is 11.2. The van der Waals surface area contributed by atoms with Crippen molar-refractivity contribution in [1.82, 2.24) is 0 Å². The van der Waals surface area contributed by atoms with E-state index in [-0.39, 0.29) is 40.8 Å². The summed E-state index contributed by atoms with van der Waals surface area (Å²) in [5.74, 6) is 0. The summed E-state index contributed by atoms with van der Waals surface area (Å²) in [6, 6.07) is 0. The Hall–Kier alpha value is -0.280. The van der Waals surface area contributed by atoms with Crippen LogP contribution in [0, 0.1) is 0 Å². The number of hydrogen-bond donors (Lipinski definition) is 1. The van der Waals surface area contributed by atoms with Crippen molar-refractivity contribution in [2.45, 2.75) is 0 Å². The van der Waals surface area contributed by atoms with Gasteiger partial charge in [-0.2, -0.15) is 0 Å². The maximum absolute atomic E-state index is 8.19. The van der Waals surface area contributed by atoms with Crippen molar-refractivity contribution in [2.24, 2.45) is 0 Å². The summed E-state index contributed by atoms with van der Waals surface area (Å²) in [6.45, 7) is -0.0209. The molecule has 1 N–H and O–H groups in total. The number of ether oxygens (including phenoxy) is 6. The molecular formula is C7H16O7. The molecule has 0 spiro atoms. The number of rotatable bonds is 11. The molecule has 0 aliphatic heterocycles. The van der Waals surface area contributed by atoms with Crippen LogP contribution in [0.5, 0.6) is 0 Å². The van der Waals surface area contributed by atoms with Gasteiger partial charge in [-0.15, -0.1) is 0 Å². The molecule has 14 heavy (non-hydrogen) atoms. The number of aliphatic hydroxyl groups excluding tert-OH is 1. The highest BCUT2D eigenvalue weighted by atomic mass is 16.8. The van der Waals surface area contributed by atoms with Gasteiger partial charge in [0.05, 0.1) is 0 Å². The third kappa shape index (κ3) is 11.7. The standard InChI is InChI=1S/C7H16O7/c1-9-3-11-5-13-7-14-6-12-4-10-2-8/h8H,2-7H2,1H3. The summed E-state index contributed by atoms with van der Waals surface area (Å²) in [6.07, 6.45) is 0. The van der Waals surface area contributed by atoms with Crippen LogP contribution in [0.2, 0.25) is 0 Å². The van der Waals surface area contributed by atoms with E-state index in [1.54, 1.807) is 0 Å². The smallest absolute Gasteiger partial charge is 0.152 e. The predicted molar refractivity (Wildman–Crippen MR) is 43.9 cm³/mol. The van der Waals surface area contributed by atoms with Gasteiger partial charge in [0.15, 0.2) is 27.2 Å². The van der Waals surface area contributed by atoms with Gasteiger partial charge in [0.2, 0.25) is 0 Å². The first kappa shape index (κ1) is 13.7. The van der Waals surface area contributed by atoms with Crippen LogP contribution < -0.4 is 0 Å². The molecule has 0 radical (unpaired) electrons. The van der Waals surface area contributed by atoms with Gasteiger partial charge in [-0.25, -0.2) is 0 Å². The third-order valence-corrected chi connectivity index (χ3v) is 0.959. The average molecular weight is 212 g/mol. The highest BCUT2D eigenvalue weighted by Crippen LogP contribution is 1.83. The van der Waals surface area contributed by atoms with Crippen molar-refractivity contribution in [3.05, 3.63) is 0 Å². The second-order valence-corrected chi connectivity index (χ2v) is 2.03. The van der Waals surface area contributed by atoms with E-state index in [9.17, 15) is 0 Å². The number of methoxy groups -OCH3 is 1. The van der Waals surface area contributed by atoms with Gasteiger partial charge in [0.25, 0.3) is 0 Å². The fourth-order valence-corrected chi connectivity index (χ4v) is 0.492. The Labute approximate surface area is 82.4 Å². The lowest BCUT2D eigenvalue weighted by molar-refractivity contribution is -0.210. The topological polar surface area (TPSA) is 75.6 Å². The zero-order valence-electron chi connectivity index (χ0n) is 8.14. The second-order valence-electron chi connectivity index (χ2n) is 2.03. The minimum absolute atomic E-state index is 0.0172. The molecule has 0 aliphatic carbocycles. The Kier molecular flexibility index (Phi) is 12.5. The van der Waals surface area contributed by atoms with Crippen LogP contribution in [0.1, 0.15) is 0 Å². The maximum Gasteiger partial charge on any atom is 0.152 e. The Bertz CT molecular complexity index is 88.0. The fourth-order valence-electron chi connectivity index (χ4n) is 0.492. The van der Waals surface area contributed by atoms with E-state index in [0.29, 0.717) is 0 Å². The summed E-state index contributed by atoms with van der Waals surface area (Å²) in [5.41, 5.74) is 0. The van der Waals surface area contributed by atoms with E-state index >= 15 is 0 Å². The molecule has 0 heterocycles. The minimum Gasteiger partial charge on any atom is -0.371 e. The van der Waals surface area contributed by atoms with E-state index in [2.05, 4.69) is 9.47 Å². The predicted octanol–water partition coefficient (Wildman–Crippen LogP) is -0.547. The summed E-state index contributed by atoms with van der Waals surface area (Å²) in [5, 5.41) is 8.19. The normalized spacial score (nSPS) is 10.7. The number of aliphatic hydroxyl groups is 1. The molecule has 0 unspecified atom stereocenters. The van der Waals surface area contributed by atoms with Gasteiger partial charge in [-0.3, -0.25) is 0 Å². The van der Waals surface area contributed by atoms with E-state index < -0.39 is 0 Å². The van der Waals surface area contributed by atoms with Gasteiger partial charge < -0.3 is 33.5 Å². The molecule has 0 atom stereocenters. The van der Waals surface area contributed by atoms with Crippen LogP contribution in [-0.2, 0) is 28.4 Å². The van der Waals surface area contributed by atoms with Crippen molar-refractivity contribution in [1.29, 1.82) is 0 Å². The molecular weight excluding hydrogens is 196 g/mol. The van der Waals surface area contributed by atoms with Gasteiger partial charge in [0, 0.05) is 7.11 Å². The molecule has 0 aromatic heterocycles. The van der Waals surface area contributed by atoms with Crippen LogP contribution in [0.25, 0.3) is 0 Å². The summed E-state index contributed by atoms with van der Waals surface area (Å²) in [7, 11) is 1.52. The SMILES string of the molecule is COCOCOCOCOCOCO. The van der Waals surface area contributed by atoms with E-state index in [1.165, 1.54) is 7.11 Å². The minimum atomic E-state index is -0.374. The largest absolute Gasteiger partial charge is 0.371 e. The molecule has 0 fully saturated rings. The van der Waals surface area contributed by atoms with Gasteiger partial charge in [-0.1, -0.05) is 0 Å². The van der Waals surface area contributed by atoms with Crippen molar-refractivity contribution < 1.29 is 33.5 Å². The van der Waals surface area contributed by atoms with Crippen molar-refractivity contribution in [2.75, 3.05) is 47.9 Å². The quantitative estimate of drug-likeness (QED) is 0.364. The van der Waals surface area contributed by atoms with Crippen LogP contribution in [-0.4, -0.2) is 53.0 Å². The van der Waals surface area contributed by atoms with Crippen LogP contribution >= 0.6 is 0 Å². The van der Waals surface area contributed by atoms with E-state index in [4.69, 9.17) is 24.1 Å². The molecule has 7 nitrogen and oxygen atoms in total. The lowest BCUT2D eigenvalue weighted by Gasteiger charge is -2.06. The first-order valence-electron chi connectivity index (χ1n) is 3.90. The van der Waals surface area contributed by atoms with E-state index in [0.717, 1.165) is 0 Å². The molecule has 0 bridgehead atoms. The van der Waals surface area contributed by atoms with Crippen molar-refractivity contribution in [3.8, 4) is 0 Å². The van der Waals surface area contributed by atoms with E-state index in [1.807, 2.05) is 0 Å². The Morgan fingerprint density at radius 2 is 1.14 bits per heavy atom. The first-order chi connectivity index (χ1) is 6.91. The molecule has 0 rings (SSSR count). The molecule has 0 aromatic carbocycles. The maximum atomic E-state index is 8.19. The highest BCUT2D eigenvalue weighted by molar-refractivity contribution is 4.05. The van der Waals surface area contributed by atoms with Crippen molar-refractivity contribution in [3.63, 3.8) is 0 Å². The summed E-state index contributed by atoms with van der Waals surface area (Å²) >= 11 is 0. The molecule has 0 saturated carbocycles. The third-order valence-electron chi connectivity index (χ3n) is 0.959. The van der Waals surface area contributed by atoms with Gasteiger partial charge in [0.1, 0.15) is 13.6 Å². The van der Waals surface area contributed by atoms with Crippen LogP contribution in [0.3, 0.4) is 0 Å². The molecule has 0 amide bonds. The van der Waals surface area contributed by atoms with Crippen molar-refractivity contribution >= 4 is 0 Å². The summed E-state index contributed by atoms with van der Waals surface area (Å²) in [4.78, 5) is 0. The molecule has 86 valence electrons. The monoisotopic (exact) mass is 212 g/mol.